The molecule has 0 fully saturated rings. The lowest BCUT2D eigenvalue weighted by molar-refractivity contribution is 0.532. The summed E-state index contributed by atoms with van der Waals surface area (Å²) in [5, 5.41) is 3.67. The Labute approximate surface area is 142 Å². The molecule has 0 saturated carbocycles. The molecule has 108 valence electrons. The van der Waals surface area contributed by atoms with Gasteiger partial charge in [0.15, 0.2) is 0 Å². The van der Waals surface area contributed by atoms with Gasteiger partial charge in [0.05, 0.1) is 3.79 Å². The van der Waals surface area contributed by atoms with Gasteiger partial charge in [-0.2, -0.15) is 0 Å². The van der Waals surface area contributed by atoms with Crippen LogP contribution in [0.4, 0.5) is 0 Å². The average molecular weight is 417 g/mol. The molecule has 1 nitrogen and oxygen atoms in total. The van der Waals surface area contributed by atoms with Crippen molar-refractivity contribution < 1.29 is 0 Å². The molecule has 4 heteroatoms. The van der Waals surface area contributed by atoms with Gasteiger partial charge < -0.3 is 5.32 Å². The summed E-state index contributed by atoms with van der Waals surface area (Å²) in [4.78, 5) is 1.41. The molecule has 1 N–H and O–H groups in total. The highest BCUT2D eigenvalue weighted by Gasteiger charge is 2.13. The third-order valence-corrected chi connectivity index (χ3v) is 5.79. The maximum Gasteiger partial charge on any atom is 0.0701 e. The number of thiophene rings is 1. The van der Waals surface area contributed by atoms with E-state index in [1.807, 2.05) is 11.3 Å². The Kier molecular flexibility index (Phi) is 6.27. The van der Waals surface area contributed by atoms with Gasteiger partial charge in [-0.05, 0) is 65.1 Å². The number of hydrogen-bond donors (Lipinski definition) is 1. The van der Waals surface area contributed by atoms with Gasteiger partial charge in [-0.25, -0.2) is 0 Å². The molecule has 0 spiro atoms. The molecule has 0 amide bonds. The number of benzene rings is 1. The lowest BCUT2D eigenvalue weighted by Crippen LogP contribution is -2.23. The van der Waals surface area contributed by atoms with E-state index in [1.54, 1.807) is 0 Å². The minimum Gasteiger partial charge on any atom is -0.310 e. The predicted molar refractivity (Wildman–Crippen MR) is 95.6 cm³/mol. The van der Waals surface area contributed by atoms with Gasteiger partial charge in [0.1, 0.15) is 0 Å². The van der Waals surface area contributed by atoms with Crippen molar-refractivity contribution in [1.82, 2.24) is 5.32 Å². The summed E-state index contributed by atoms with van der Waals surface area (Å²) < 4.78 is 2.38. The Morgan fingerprint density at radius 3 is 2.60 bits per heavy atom. The minimum absolute atomic E-state index is 0.382. The van der Waals surface area contributed by atoms with Gasteiger partial charge >= 0.3 is 0 Å². The molecular formula is C16H19Br2NS. The first-order chi connectivity index (χ1) is 9.60. The number of aryl methyl sites for hydroxylation is 1. The van der Waals surface area contributed by atoms with Crippen LogP contribution in [0.3, 0.4) is 0 Å². The van der Waals surface area contributed by atoms with Gasteiger partial charge in [0, 0.05) is 21.8 Å². The summed E-state index contributed by atoms with van der Waals surface area (Å²) in [6.07, 6.45) is 2.19. The van der Waals surface area contributed by atoms with E-state index in [-0.39, 0.29) is 0 Å². The molecule has 1 unspecified atom stereocenters. The van der Waals surface area contributed by atoms with Crippen molar-refractivity contribution in [1.29, 1.82) is 0 Å². The number of nitrogens with one attached hydrogen (secondary N) is 1. The molecule has 20 heavy (non-hydrogen) atoms. The van der Waals surface area contributed by atoms with Crippen LogP contribution in [0.1, 0.15) is 35.4 Å². The van der Waals surface area contributed by atoms with E-state index in [0.717, 1.165) is 19.4 Å². The summed E-state index contributed by atoms with van der Waals surface area (Å²) in [5.74, 6) is 0. The number of rotatable bonds is 6. The quantitative estimate of drug-likeness (QED) is 0.621. The summed E-state index contributed by atoms with van der Waals surface area (Å²) in [7, 11) is 0. The topological polar surface area (TPSA) is 12.0 Å². The van der Waals surface area contributed by atoms with Crippen molar-refractivity contribution in [3.05, 3.63) is 54.6 Å². The number of hydrogen-bond acceptors (Lipinski definition) is 2. The fraction of sp³-hybridized carbons (Fsp3) is 0.375. The Bertz CT molecular complexity index is 565. The minimum atomic E-state index is 0.382. The van der Waals surface area contributed by atoms with Crippen LogP contribution in [0.25, 0.3) is 0 Å². The zero-order valence-electron chi connectivity index (χ0n) is 11.7. The Hall–Kier alpha value is -0.160. The first-order valence-electron chi connectivity index (χ1n) is 6.83. The van der Waals surface area contributed by atoms with Gasteiger partial charge in [0.25, 0.3) is 0 Å². The van der Waals surface area contributed by atoms with Gasteiger partial charge in [0.2, 0.25) is 0 Å². The second-order valence-corrected chi connectivity index (χ2v) is 8.33. The number of halogens is 2. The highest BCUT2D eigenvalue weighted by atomic mass is 79.9. The molecule has 1 aromatic carbocycles. The third-order valence-electron chi connectivity index (χ3n) is 3.26. The van der Waals surface area contributed by atoms with Gasteiger partial charge in [-0.3, -0.25) is 0 Å². The van der Waals surface area contributed by atoms with E-state index in [9.17, 15) is 0 Å². The standard InChI is InChI=1S/C16H19Br2NS/c1-3-8-19-15(10-13-5-7-16(18)20-13)12-4-6-14(17)11(2)9-12/h4-7,9,15,19H,3,8,10H2,1-2H3. The van der Waals surface area contributed by atoms with Crippen LogP contribution in [0.15, 0.2) is 38.6 Å². The fourth-order valence-corrected chi connectivity index (χ4v) is 3.95. The highest BCUT2D eigenvalue weighted by Crippen LogP contribution is 2.28. The second-order valence-electron chi connectivity index (χ2n) is 4.93. The fourth-order valence-electron chi connectivity index (χ4n) is 2.17. The molecule has 1 heterocycles. The maximum absolute atomic E-state index is 3.67. The van der Waals surface area contributed by atoms with Crippen LogP contribution >= 0.6 is 43.2 Å². The Balaban J connectivity index is 2.19. The van der Waals surface area contributed by atoms with E-state index < -0.39 is 0 Å². The van der Waals surface area contributed by atoms with Crippen LogP contribution in [0, 0.1) is 6.92 Å². The van der Waals surface area contributed by atoms with Gasteiger partial charge in [-0.1, -0.05) is 35.0 Å². The summed E-state index contributed by atoms with van der Waals surface area (Å²) >= 11 is 8.94. The van der Waals surface area contributed by atoms with Crippen molar-refractivity contribution >= 4 is 43.2 Å². The third kappa shape index (κ3) is 4.42. The predicted octanol–water partition coefficient (Wildman–Crippen LogP) is 5.86. The lowest BCUT2D eigenvalue weighted by Gasteiger charge is -2.19. The summed E-state index contributed by atoms with van der Waals surface area (Å²) in [6, 6.07) is 11.4. The lowest BCUT2D eigenvalue weighted by atomic mass is 10.0. The molecule has 0 aliphatic rings. The molecular weight excluding hydrogens is 398 g/mol. The molecule has 0 aliphatic heterocycles. The Morgan fingerprint density at radius 1 is 1.20 bits per heavy atom. The zero-order valence-corrected chi connectivity index (χ0v) is 15.7. The van der Waals surface area contributed by atoms with Gasteiger partial charge in [-0.15, -0.1) is 11.3 Å². The molecule has 1 atom stereocenters. The maximum atomic E-state index is 3.67. The van der Waals surface area contributed by atoms with E-state index in [0.29, 0.717) is 6.04 Å². The SMILES string of the molecule is CCCNC(Cc1ccc(Br)s1)c1ccc(Br)c(C)c1. The molecule has 0 radical (unpaired) electrons. The Morgan fingerprint density at radius 2 is 2.00 bits per heavy atom. The molecule has 1 aromatic heterocycles. The largest absolute Gasteiger partial charge is 0.310 e. The van der Waals surface area contributed by atoms with Crippen molar-refractivity contribution in [2.45, 2.75) is 32.7 Å². The van der Waals surface area contributed by atoms with Crippen LogP contribution in [0.5, 0.6) is 0 Å². The first kappa shape index (κ1) is 16.2. The van der Waals surface area contributed by atoms with E-state index >= 15 is 0 Å². The van der Waals surface area contributed by atoms with Crippen LogP contribution in [-0.4, -0.2) is 6.54 Å². The molecule has 0 bridgehead atoms. The molecule has 2 aromatic rings. The second kappa shape index (κ2) is 7.74. The van der Waals surface area contributed by atoms with E-state index in [2.05, 4.69) is 81.4 Å². The summed E-state index contributed by atoms with van der Waals surface area (Å²) in [6.45, 7) is 5.40. The monoisotopic (exact) mass is 415 g/mol. The first-order valence-corrected chi connectivity index (χ1v) is 9.24. The van der Waals surface area contributed by atoms with Crippen molar-refractivity contribution in [3.63, 3.8) is 0 Å². The average Bonchev–Trinajstić information content (AvgIpc) is 2.83. The van der Waals surface area contributed by atoms with Crippen LogP contribution < -0.4 is 5.32 Å². The molecule has 2 rings (SSSR count). The van der Waals surface area contributed by atoms with Crippen LogP contribution in [-0.2, 0) is 6.42 Å². The molecule has 0 aliphatic carbocycles. The van der Waals surface area contributed by atoms with Crippen molar-refractivity contribution in [2.75, 3.05) is 6.54 Å². The normalized spacial score (nSPS) is 12.6. The molecule has 0 saturated heterocycles. The van der Waals surface area contributed by atoms with Crippen molar-refractivity contribution in [2.24, 2.45) is 0 Å². The smallest absolute Gasteiger partial charge is 0.0701 e. The summed E-state index contributed by atoms with van der Waals surface area (Å²) in [5.41, 5.74) is 2.65. The highest BCUT2D eigenvalue weighted by molar-refractivity contribution is 9.11. The zero-order chi connectivity index (χ0) is 14.5. The van der Waals surface area contributed by atoms with Crippen molar-refractivity contribution in [3.8, 4) is 0 Å². The van der Waals surface area contributed by atoms with Crippen LogP contribution in [0.2, 0.25) is 0 Å². The van der Waals surface area contributed by atoms with E-state index in [1.165, 1.54) is 24.3 Å². The van der Waals surface area contributed by atoms with E-state index in [4.69, 9.17) is 0 Å².